The average Bonchev–Trinajstić information content (AvgIpc) is 2.30. The van der Waals surface area contributed by atoms with Crippen LogP contribution in [0.4, 0.5) is 0 Å². The molecule has 1 aliphatic rings. The molecule has 0 aromatic carbocycles. The molecule has 5 nitrogen and oxygen atoms in total. The number of ether oxygens (including phenoxy) is 2. The van der Waals surface area contributed by atoms with Crippen molar-refractivity contribution in [2.75, 3.05) is 26.3 Å². The Morgan fingerprint density at radius 1 is 1.12 bits per heavy atom. The molecule has 2 unspecified atom stereocenters. The fraction of sp³-hybridized carbons (Fsp3) is 0.818. The lowest BCUT2D eigenvalue weighted by Crippen LogP contribution is -2.45. The smallest absolute Gasteiger partial charge is 0.311 e. The number of carbonyl (C=O) groups is 2. The summed E-state index contributed by atoms with van der Waals surface area (Å²) in [7, 11) is 0. The van der Waals surface area contributed by atoms with Crippen molar-refractivity contribution in [2.24, 2.45) is 11.8 Å². The molecule has 1 rings (SSSR count). The highest BCUT2D eigenvalue weighted by atomic mass is 16.5. The fourth-order valence-electron chi connectivity index (χ4n) is 1.89. The summed E-state index contributed by atoms with van der Waals surface area (Å²) in [5.74, 6) is -1.37. The SMILES string of the molecule is CCOC(=O)C1CCNCC1C(=O)OCC. The van der Waals surface area contributed by atoms with E-state index in [2.05, 4.69) is 5.32 Å². The minimum absolute atomic E-state index is 0.290. The maximum Gasteiger partial charge on any atom is 0.311 e. The quantitative estimate of drug-likeness (QED) is 0.704. The number of rotatable bonds is 4. The minimum Gasteiger partial charge on any atom is -0.466 e. The maximum absolute atomic E-state index is 11.7. The van der Waals surface area contributed by atoms with Crippen LogP contribution in [0.2, 0.25) is 0 Å². The highest BCUT2D eigenvalue weighted by molar-refractivity contribution is 5.82. The lowest BCUT2D eigenvalue weighted by Gasteiger charge is -2.28. The molecule has 0 aromatic heterocycles. The zero-order chi connectivity index (χ0) is 12.0. The van der Waals surface area contributed by atoms with Gasteiger partial charge in [0.25, 0.3) is 0 Å². The standard InChI is InChI=1S/C11H19NO4/c1-3-15-10(13)8-5-6-12-7-9(8)11(14)16-4-2/h8-9,12H,3-7H2,1-2H3. The van der Waals surface area contributed by atoms with Gasteiger partial charge in [-0.25, -0.2) is 0 Å². The van der Waals surface area contributed by atoms with Gasteiger partial charge in [0.05, 0.1) is 25.0 Å². The van der Waals surface area contributed by atoms with E-state index in [-0.39, 0.29) is 17.9 Å². The van der Waals surface area contributed by atoms with E-state index >= 15 is 0 Å². The Hall–Kier alpha value is -1.10. The van der Waals surface area contributed by atoms with Crippen LogP contribution in [0.3, 0.4) is 0 Å². The van der Waals surface area contributed by atoms with E-state index < -0.39 is 5.92 Å². The summed E-state index contributed by atoms with van der Waals surface area (Å²) in [5.41, 5.74) is 0. The minimum atomic E-state index is -0.409. The molecule has 0 aliphatic carbocycles. The van der Waals surface area contributed by atoms with Gasteiger partial charge in [-0.3, -0.25) is 9.59 Å². The molecule has 1 fully saturated rings. The summed E-state index contributed by atoms with van der Waals surface area (Å²) >= 11 is 0. The molecule has 1 N–H and O–H groups in total. The van der Waals surface area contributed by atoms with E-state index in [4.69, 9.17) is 9.47 Å². The van der Waals surface area contributed by atoms with Gasteiger partial charge in [0.1, 0.15) is 0 Å². The number of hydrogen-bond donors (Lipinski definition) is 1. The summed E-state index contributed by atoms with van der Waals surface area (Å²) in [6.07, 6.45) is 0.627. The van der Waals surface area contributed by atoms with Gasteiger partial charge < -0.3 is 14.8 Å². The Morgan fingerprint density at radius 2 is 1.69 bits per heavy atom. The Bertz CT molecular complexity index is 228. The molecule has 5 heteroatoms. The lowest BCUT2D eigenvalue weighted by molar-refractivity contribution is -0.161. The third-order valence-electron chi connectivity index (χ3n) is 2.66. The van der Waals surface area contributed by atoms with Crippen LogP contribution < -0.4 is 5.32 Å². The number of carbonyl (C=O) groups excluding carboxylic acids is 2. The molecule has 0 bridgehead atoms. The van der Waals surface area contributed by atoms with Crippen molar-refractivity contribution in [3.8, 4) is 0 Å². The van der Waals surface area contributed by atoms with Gasteiger partial charge in [-0.15, -0.1) is 0 Å². The molecule has 1 heterocycles. The second-order valence-corrected chi connectivity index (χ2v) is 3.71. The van der Waals surface area contributed by atoms with Gasteiger partial charge in [0.15, 0.2) is 0 Å². The maximum atomic E-state index is 11.7. The molecule has 0 amide bonds. The molecule has 16 heavy (non-hydrogen) atoms. The Morgan fingerprint density at radius 3 is 2.25 bits per heavy atom. The van der Waals surface area contributed by atoms with Gasteiger partial charge in [-0.1, -0.05) is 0 Å². The molecule has 0 aromatic rings. The molecule has 2 atom stereocenters. The van der Waals surface area contributed by atoms with Crippen molar-refractivity contribution >= 4 is 11.9 Å². The summed E-state index contributed by atoms with van der Waals surface area (Å²) in [6.45, 7) is 5.43. The average molecular weight is 229 g/mol. The van der Waals surface area contributed by atoms with Crippen LogP contribution >= 0.6 is 0 Å². The second-order valence-electron chi connectivity index (χ2n) is 3.71. The van der Waals surface area contributed by atoms with Crippen LogP contribution in [0.15, 0.2) is 0 Å². The third kappa shape index (κ3) is 3.20. The molecule has 92 valence electrons. The van der Waals surface area contributed by atoms with Gasteiger partial charge in [-0.05, 0) is 26.8 Å². The zero-order valence-corrected chi connectivity index (χ0v) is 9.82. The van der Waals surface area contributed by atoms with Crippen LogP contribution in [0, 0.1) is 11.8 Å². The summed E-state index contributed by atoms with van der Waals surface area (Å²) in [5, 5.41) is 3.09. The third-order valence-corrected chi connectivity index (χ3v) is 2.66. The van der Waals surface area contributed by atoms with Crippen molar-refractivity contribution in [3.63, 3.8) is 0 Å². The molecular weight excluding hydrogens is 210 g/mol. The topological polar surface area (TPSA) is 64.6 Å². The molecule has 0 saturated carbocycles. The van der Waals surface area contributed by atoms with Gasteiger partial charge in [0.2, 0.25) is 0 Å². The number of piperidine rings is 1. The first-order valence-electron chi connectivity index (χ1n) is 5.74. The van der Waals surface area contributed by atoms with Crippen molar-refractivity contribution in [2.45, 2.75) is 20.3 Å². The highest BCUT2D eigenvalue weighted by Gasteiger charge is 2.37. The van der Waals surface area contributed by atoms with Crippen LogP contribution in [0.5, 0.6) is 0 Å². The van der Waals surface area contributed by atoms with Gasteiger partial charge in [-0.2, -0.15) is 0 Å². The fourth-order valence-corrected chi connectivity index (χ4v) is 1.89. The molecule has 0 spiro atoms. The molecular formula is C11H19NO4. The first-order chi connectivity index (χ1) is 7.70. The predicted molar refractivity (Wildman–Crippen MR) is 57.7 cm³/mol. The van der Waals surface area contributed by atoms with E-state index in [0.29, 0.717) is 26.2 Å². The Balaban J connectivity index is 2.63. The Labute approximate surface area is 95.5 Å². The summed E-state index contributed by atoms with van der Waals surface area (Å²) in [6, 6.07) is 0. The zero-order valence-electron chi connectivity index (χ0n) is 9.82. The van der Waals surface area contributed by atoms with Gasteiger partial charge >= 0.3 is 11.9 Å². The molecule has 1 saturated heterocycles. The van der Waals surface area contributed by atoms with Crippen LogP contribution in [0.25, 0.3) is 0 Å². The van der Waals surface area contributed by atoms with Crippen LogP contribution in [0.1, 0.15) is 20.3 Å². The van der Waals surface area contributed by atoms with Crippen molar-refractivity contribution < 1.29 is 19.1 Å². The van der Waals surface area contributed by atoms with E-state index in [0.717, 1.165) is 6.54 Å². The predicted octanol–water partition coefficient (Wildman–Crippen LogP) is 0.338. The number of esters is 2. The van der Waals surface area contributed by atoms with Crippen molar-refractivity contribution in [3.05, 3.63) is 0 Å². The second kappa shape index (κ2) is 6.48. The molecule has 0 radical (unpaired) electrons. The molecule has 1 aliphatic heterocycles. The van der Waals surface area contributed by atoms with E-state index in [1.165, 1.54) is 0 Å². The normalized spacial score (nSPS) is 24.9. The van der Waals surface area contributed by atoms with Gasteiger partial charge in [0, 0.05) is 6.54 Å². The van der Waals surface area contributed by atoms with Crippen LogP contribution in [-0.4, -0.2) is 38.2 Å². The van der Waals surface area contributed by atoms with Crippen LogP contribution in [-0.2, 0) is 19.1 Å². The summed E-state index contributed by atoms with van der Waals surface area (Å²) < 4.78 is 9.92. The van der Waals surface area contributed by atoms with E-state index in [1.54, 1.807) is 13.8 Å². The summed E-state index contributed by atoms with van der Waals surface area (Å²) in [4.78, 5) is 23.3. The van der Waals surface area contributed by atoms with Crippen molar-refractivity contribution in [1.82, 2.24) is 5.32 Å². The van der Waals surface area contributed by atoms with E-state index in [1.807, 2.05) is 0 Å². The Kier molecular flexibility index (Phi) is 5.25. The lowest BCUT2D eigenvalue weighted by atomic mass is 9.86. The number of hydrogen-bond acceptors (Lipinski definition) is 5. The monoisotopic (exact) mass is 229 g/mol. The van der Waals surface area contributed by atoms with E-state index in [9.17, 15) is 9.59 Å². The largest absolute Gasteiger partial charge is 0.466 e. The number of nitrogens with one attached hydrogen (secondary N) is 1. The first-order valence-corrected chi connectivity index (χ1v) is 5.74. The first kappa shape index (κ1) is 13.0. The highest BCUT2D eigenvalue weighted by Crippen LogP contribution is 2.22. The van der Waals surface area contributed by atoms with Crippen molar-refractivity contribution in [1.29, 1.82) is 0 Å².